The molecule has 1 aromatic carbocycles. The van der Waals surface area contributed by atoms with E-state index in [-0.39, 0.29) is 20.8 Å². The third-order valence-corrected chi connectivity index (χ3v) is 4.06. The van der Waals surface area contributed by atoms with Gasteiger partial charge in [0.2, 0.25) is 0 Å². The van der Waals surface area contributed by atoms with E-state index in [1.807, 2.05) is 0 Å². The molecule has 0 saturated carbocycles. The molecule has 0 saturated heterocycles. The first kappa shape index (κ1) is 15.7. The summed E-state index contributed by atoms with van der Waals surface area (Å²) < 4.78 is 22.9. The van der Waals surface area contributed by atoms with Gasteiger partial charge in [-0.2, -0.15) is 0 Å². The molecule has 21 heavy (non-hydrogen) atoms. The molecule has 2 rings (SSSR count). The van der Waals surface area contributed by atoms with Gasteiger partial charge in [0, 0.05) is 11.9 Å². The standard InChI is InChI=1S/C12H9Cl2N3O3S/c1-21(19,20)8-4-2-3-7(5-8)15-12(18)9-6-10(13)16-17-11(9)14/h2-6H,1H3,(H,15,18). The van der Waals surface area contributed by atoms with Crippen LogP contribution in [0.25, 0.3) is 0 Å². The highest BCUT2D eigenvalue weighted by Crippen LogP contribution is 2.19. The van der Waals surface area contributed by atoms with Crippen LogP contribution in [0.2, 0.25) is 10.3 Å². The fraction of sp³-hybridized carbons (Fsp3) is 0.0833. The Labute approximate surface area is 131 Å². The first-order chi connectivity index (χ1) is 9.77. The number of benzene rings is 1. The number of hydrogen-bond acceptors (Lipinski definition) is 5. The van der Waals surface area contributed by atoms with Gasteiger partial charge in [0.05, 0.1) is 10.5 Å². The quantitative estimate of drug-likeness (QED) is 0.922. The third kappa shape index (κ3) is 3.90. The molecule has 0 radical (unpaired) electrons. The van der Waals surface area contributed by atoms with Crippen molar-refractivity contribution >= 4 is 44.6 Å². The highest BCUT2D eigenvalue weighted by Gasteiger charge is 2.14. The van der Waals surface area contributed by atoms with Crippen LogP contribution in [-0.4, -0.2) is 30.8 Å². The maximum Gasteiger partial charge on any atom is 0.258 e. The van der Waals surface area contributed by atoms with Crippen molar-refractivity contribution in [2.75, 3.05) is 11.6 Å². The number of amides is 1. The average molecular weight is 346 g/mol. The number of halogens is 2. The normalized spacial score (nSPS) is 11.2. The Hall–Kier alpha value is -1.70. The number of aromatic nitrogens is 2. The summed E-state index contributed by atoms with van der Waals surface area (Å²) in [5.41, 5.74) is 0.355. The van der Waals surface area contributed by atoms with Crippen molar-refractivity contribution < 1.29 is 13.2 Å². The van der Waals surface area contributed by atoms with Gasteiger partial charge in [0.15, 0.2) is 20.1 Å². The number of anilines is 1. The van der Waals surface area contributed by atoms with E-state index >= 15 is 0 Å². The molecule has 2 aromatic rings. The fourth-order valence-corrected chi connectivity index (χ4v) is 2.51. The largest absolute Gasteiger partial charge is 0.322 e. The van der Waals surface area contributed by atoms with E-state index < -0.39 is 15.7 Å². The summed E-state index contributed by atoms with van der Waals surface area (Å²) in [7, 11) is -3.36. The minimum atomic E-state index is -3.36. The monoisotopic (exact) mass is 345 g/mol. The van der Waals surface area contributed by atoms with Crippen LogP contribution in [0.5, 0.6) is 0 Å². The first-order valence-electron chi connectivity index (χ1n) is 5.57. The van der Waals surface area contributed by atoms with Crippen molar-refractivity contribution in [3.05, 3.63) is 46.2 Å². The Balaban J connectivity index is 2.30. The zero-order valence-electron chi connectivity index (χ0n) is 10.7. The van der Waals surface area contributed by atoms with Crippen LogP contribution < -0.4 is 5.32 Å². The third-order valence-electron chi connectivity index (χ3n) is 2.48. The number of rotatable bonds is 3. The zero-order chi connectivity index (χ0) is 15.6. The molecule has 0 aliphatic rings. The molecule has 1 heterocycles. The summed E-state index contributed by atoms with van der Waals surface area (Å²) in [6.45, 7) is 0. The lowest BCUT2D eigenvalue weighted by atomic mass is 10.2. The van der Waals surface area contributed by atoms with Gasteiger partial charge in [-0.3, -0.25) is 4.79 Å². The maximum absolute atomic E-state index is 12.1. The minimum Gasteiger partial charge on any atom is -0.322 e. The lowest BCUT2D eigenvalue weighted by Crippen LogP contribution is -2.14. The van der Waals surface area contributed by atoms with Gasteiger partial charge in [-0.15, -0.1) is 10.2 Å². The van der Waals surface area contributed by atoms with Crippen molar-refractivity contribution in [2.24, 2.45) is 0 Å². The van der Waals surface area contributed by atoms with E-state index in [1.54, 1.807) is 6.07 Å². The van der Waals surface area contributed by atoms with E-state index in [4.69, 9.17) is 23.2 Å². The zero-order valence-corrected chi connectivity index (χ0v) is 13.0. The second-order valence-corrected chi connectivity index (χ2v) is 6.89. The van der Waals surface area contributed by atoms with Crippen molar-refractivity contribution in [1.82, 2.24) is 10.2 Å². The lowest BCUT2D eigenvalue weighted by molar-refractivity contribution is 0.102. The van der Waals surface area contributed by atoms with Crippen molar-refractivity contribution in [2.45, 2.75) is 4.90 Å². The number of nitrogens with one attached hydrogen (secondary N) is 1. The number of sulfone groups is 1. The lowest BCUT2D eigenvalue weighted by Gasteiger charge is -2.07. The van der Waals surface area contributed by atoms with E-state index in [9.17, 15) is 13.2 Å². The second kappa shape index (κ2) is 5.97. The second-order valence-electron chi connectivity index (χ2n) is 4.13. The van der Waals surface area contributed by atoms with Gasteiger partial charge >= 0.3 is 0 Å². The van der Waals surface area contributed by atoms with Crippen LogP contribution >= 0.6 is 23.2 Å². The Kier molecular flexibility index (Phi) is 4.46. The molecule has 0 atom stereocenters. The Bertz CT molecular complexity index is 809. The van der Waals surface area contributed by atoms with Crippen molar-refractivity contribution in [3.8, 4) is 0 Å². The van der Waals surface area contributed by atoms with Crippen molar-refractivity contribution in [3.63, 3.8) is 0 Å². The number of nitrogens with zero attached hydrogens (tertiary/aromatic N) is 2. The first-order valence-corrected chi connectivity index (χ1v) is 8.22. The highest BCUT2D eigenvalue weighted by molar-refractivity contribution is 7.90. The Morgan fingerprint density at radius 1 is 1.19 bits per heavy atom. The molecule has 1 amide bonds. The number of carbonyl (C=O) groups excluding carboxylic acids is 1. The van der Waals surface area contributed by atoms with Gasteiger partial charge in [-0.05, 0) is 24.3 Å². The summed E-state index contributed by atoms with van der Waals surface area (Å²) in [6, 6.07) is 7.12. The van der Waals surface area contributed by atoms with Gasteiger partial charge in [0.25, 0.3) is 5.91 Å². The summed E-state index contributed by atoms with van der Waals surface area (Å²) >= 11 is 11.4. The molecule has 6 nitrogen and oxygen atoms in total. The van der Waals surface area contributed by atoms with E-state index in [0.29, 0.717) is 5.69 Å². The summed E-state index contributed by atoms with van der Waals surface area (Å²) in [4.78, 5) is 12.2. The number of carbonyl (C=O) groups is 1. The predicted molar refractivity (Wildman–Crippen MR) is 79.6 cm³/mol. The van der Waals surface area contributed by atoms with Gasteiger partial charge in [0.1, 0.15) is 0 Å². The molecule has 0 unspecified atom stereocenters. The smallest absolute Gasteiger partial charge is 0.258 e. The average Bonchev–Trinajstić information content (AvgIpc) is 2.41. The summed E-state index contributed by atoms with van der Waals surface area (Å²) in [5.74, 6) is -0.567. The van der Waals surface area contributed by atoms with Crippen LogP contribution in [0.15, 0.2) is 35.2 Å². The van der Waals surface area contributed by atoms with E-state index in [2.05, 4.69) is 15.5 Å². The van der Waals surface area contributed by atoms with Crippen LogP contribution in [0, 0.1) is 0 Å². The van der Waals surface area contributed by atoms with Crippen molar-refractivity contribution in [1.29, 1.82) is 0 Å². The Morgan fingerprint density at radius 2 is 1.90 bits per heavy atom. The van der Waals surface area contributed by atoms with E-state index in [1.165, 1.54) is 24.3 Å². The maximum atomic E-state index is 12.1. The molecule has 0 bridgehead atoms. The SMILES string of the molecule is CS(=O)(=O)c1cccc(NC(=O)c2cc(Cl)nnc2Cl)c1. The van der Waals surface area contributed by atoms with Gasteiger partial charge < -0.3 is 5.32 Å². The molecule has 0 spiro atoms. The number of hydrogen-bond donors (Lipinski definition) is 1. The van der Waals surface area contributed by atoms with E-state index in [0.717, 1.165) is 6.26 Å². The van der Waals surface area contributed by atoms with Crippen LogP contribution in [0.1, 0.15) is 10.4 Å². The molecular formula is C12H9Cl2N3O3S. The molecule has 110 valence electrons. The minimum absolute atomic E-state index is 0.0226. The molecule has 1 aromatic heterocycles. The topological polar surface area (TPSA) is 89.0 Å². The summed E-state index contributed by atoms with van der Waals surface area (Å²) in [6.07, 6.45) is 1.08. The molecule has 0 fully saturated rings. The van der Waals surface area contributed by atoms with Crippen LogP contribution in [0.3, 0.4) is 0 Å². The molecule has 0 aliphatic carbocycles. The molecule has 0 aliphatic heterocycles. The van der Waals surface area contributed by atoms with Crippen LogP contribution in [0.4, 0.5) is 5.69 Å². The van der Waals surface area contributed by atoms with Gasteiger partial charge in [-0.1, -0.05) is 29.3 Å². The molecule has 1 N–H and O–H groups in total. The predicted octanol–water partition coefficient (Wildman–Crippen LogP) is 2.44. The highest BCUT2D eigenvalue weighted by atomic mass is 35.5. The van der Waals surface area contributed by atoms with Gasteiger partial charge in [-0.25, -0.2) is 8.42 Å². The Morgan fingerprint density at radius 3 is 2.57 bits per heavy atom. The fourth-order valence-electron chi connectivity index (χ4n) is 1.52. The summed E-state index contributed by atoms with van der Waals surface area (Å²) in [5, 5.41) is 9.47. The molecular weight excluding hydrogens is 337 g/mol. The van der Waals surface area contributed by atoms with Crippen LogP contribution in [-0.2, 0) is 9.84 Å². The molecule has 9 heteroatoms.